The molecular weight excluding hydrogens is 224 g/mol. The molecule has 0 aliphatic heterocycles. The molecule has 0 spiro atoms. The summed E-state index contributed by atoms with van der Waals surface area (Å²) >= 11 is 0. The molecule has 0 fully saturated rings. The monoisotopic (exact) mass is 248 g/mol. The van der Waals surface area contributed by atoms with E-state index in [1.807, 2.05) is 32.0 Å². The Kier molecular flexibility index (Phi) is 5.86. The Bertz CT molecular complexity index is 389. The van der Waals surface area contributed by atoms with Crippen LogP contribution in [0.15, 0.2) is 18.2 Å². The predicted molar refractivity (Wildman–Crippen MR) is 77.4 cm³/mol. The molecule has 1 aromatic carbocycles. The van der Waals surface area contributed by atoms with Crippen LogP contribution >= 0.6 is 0 Å². The van der Waals surface area contributed by atoms with Crippen LogP contribution in [0.2, 0.25) is 0 Å². The van der Waals surface area contributed by atoms with Gasteiger partial charge in [0.15, 0.2) is 12.8 Å². The maximum Gasteiger partial charge on any atom is 0.182 e. The van der Waals surface area contributed by atoms with Crippen molar-refractivity contribution in [2.24, 2.45) is 0 Å². The molecule has 0 aliphatic rings. The molecule has 3 nitrogen and oxygen atoms in total. The van der Waals surface area contributed by atoms with E-state index in [2.05, 4.69) is 18.7 Å². The summed E-state index contributed by atoms with van der Waals surface area (Å²) in [5.41, 5.74) is 3.35. The van der Waals surface area contributed by atoms with E-state index < -0.39 is 0 Å². The molecule has 0 heterocycles. The summed E-state index contributed by atoms with van der Waals surface area (Å²) in [6, 6.07) is 6.10. The van der Waals surface area contributed by atoms with Gasteiger partial charge >= 0.3 is 0 Å². The molecule has 0 radical (unpaired) electrons. The molecule has 0 saturated heterocycles. The Morgan fingerprint density at radius 3 is 2.22 bits per heavy atom. The quantitative estimate of drug-likeness (QED) is 0.335. The minimum Gasteiger partial charge on any atom is -0.624 e. The van der Waals surface area contributed by atoms with Crippen LogP contribution in [0.1, 0.15) is 30.5 Å². The SMILES string of the molecule is CCN(CC)CC/[N+]([O-])=C/c1c(C)cccc1C. The van der Waals surface area contributed by atoms with Crippen molar-refractivity contribution in [3.63, 3.8) is 0 Å². The van der Waals surface area contributed by atoms with Crippen molar-refractivity contribution in [1.29, 1.82) is 0 Å². The zero-order chi connectivity index (χ0) is 13.5. The highest BCUT2D eigenvalue weighted by Gasteiger charge is 2.05. The van der Waals surface area contributed by atoms with E-state index in [-0.39, 0.29) is 0 Å². The lowest BCUT2D eigenvalue weighted by Gasteiger charge is -2.17. The molecule has 0 N–H and O–H groups in total. The van der Waals surface area contributed by atoms with E-state index in [1.54, 1.807) is 6.21 Å². The van der Waals surface area contributed by atoms with Gasteiger partial charge in [-0.3, -0.25) is 4.90 Å². The molecule has 0 bridgehead atoms. The summed E-state index contributed by atoms with van der Waals surface area (Å²) in [6.45, 7) is 11.6. The highest BCUT2D eigenvalue weighted by atomic mass is 16.5. The Labute approximate surface area is 110 Å². The van der Waals surface area contributed by atoms with E-state index in [9.17, 15) is 5.21 Å². The minimum atomic E-state index is 0.523. The summed E-state index contributed by atoms with van der Waals surface area (Å²) in [4.78, 5) is 2.25. The molecule has 0 aromatic heterocycles. The normalized spacial score (nSPS) is 12.2. The minimum absolute atomic E-state index is 0.523. The van der Waals surface area contributed by atoms with Gasteiger partial charge in [0.1, 0.15) is 0 Å². The molecular formula is C15H24N2O. The van der Waals surface area contributed by atoms with Gasteiger partial charge in [0, 0.05) is 5.56 Å². The zero-order valence-electron chi connectivity index (χ0n) is 11.9. The highest BCUT2D eigenvalue weighted by molar-refractivity contribution is 5.80. The summed E-state index contributed by atoms with van der Waals surface area (Å²) in [7, 11) is 0. The van der Waals surface area contributed by atoms with Crippen molar-refractivity contribution in [3.05, 3.63) is 40.1 Å². The van der Waals surface area contributed by atoms with Crippen molar-refractivity contribution < 1.29 is 4.74 Å². The fraction of sp³-hybridized carbons (Fsp3) is 0.533. The number of likely N-dealkylation sites (N-methyl/N-ethyl adjacent to an activating group) is 1. The average molecular weight is 248 g/mol. The molecule has 100 valence electrons. The van der Waals surface area contributed by atoms with Gasteiger partial charge in [-0.1, -0.05) is 32.0 Å². The van der Waals surface area contributed by atoms with E-state index in [0.29, 0.717) is 6.54 Å². The number of benzene rings is 1. The second-order valence-electron chi connectivity index (χ2n) is 4.60. The third-order valence-corrected chi connectivity index (χ3v) is 3.35. The van der Waals surface area contributed by atoms with Gasteiger partial charge in [-0.05, 0) is 38.1 Å². The van der Waals surface area contributed by atoms with E-state index in [1.165, 1.54) is 0 Å². The van der Waals surface area contributed by atoms with Crippen LogP contribution in [0.4, 0.5) is 0 Å². The molecule has 0 unspecified atom stereocenters. The van der Waals surface area contributed by atoms with Crippen molar-refractivity contribution in [2.45, 2.75) is 27.7 Å². The van der Waals surface area contributed by atoms with Gasteiger partial charge in [0.2, 0.25) is 0 Å². The van der Waals surface area contributed by atoms with E-state index in [0.717, 1.165) is 41.1 Å². The zero-order valence-corrected chi connectivity index (χ0v) is 11.9. The topological polar surface area (TPSA) is 29.3 Å². The third-order valence-electron chi connectivity index (χ3n) is 3.35. The first kappa shape index (κ1) is 14.7. The molecule has 0 amide bonds. The standard InChI is InChI=1S/C15H24N2O/c1-5-16(6-2)10-11-17(18)12-15-13(3)8-7-9-14(15)4/h7-9,12H,5-6,10-11H2,1-4H3/b17-12-. The number of aryl methyl sites for hydroxylation is 2. The van der Waals surface area contributed by atoms with Gasteiger partial charge in [-0.2, -0.15) is 0 Å². The lowest BCUT2D eigenvalue weighted by molar-refractivity contribution is -0.452. The first-order chi connectivity index (χ1) is 8.58. The highest BCUT2D eigenvalue weighted by Crippen LogP contribution is 2.10. The second-order valence-corrected chi connectivity index (χ2v) is 4.60. The van der Waals surface area contributed by atoms with Crippen LogP contribution in [0, 0.1) is 19.1 Å². The fourth-order valence-electron chi connectivity index (χ4n) is 2.02. The summed E-state index contributed by atoms with van der Waals surface area (Å²) in [5.74, 6) is 0. The van der Waals surface area contributed by atoms with Gasteiger partial charge < -0.3 is 5.21 Å². The molecule has 0 aliphatic carbocycles. The van der Waals surface area contributed by atoms with Crippen molar-refractivity contribution >= 4 is 6.21 Å². The Morgan fingerprint density at radius 1 is 1.17 bits per heavy atom. The molecule has 18 heavy (non-hydrogen) atoms. The smallest absolute Gasteiger partial charge is 0.182 e. The van der Waals surface area contributed by atoms with Crippen LogP contribution < -0.4 is 0 Å². The molecule has 0 atom stereocenters. The number of hydrogen-bond acceptors (Lipinski definition) is 2. The van der Waals surface area contributed by atoms with Crippen LogP contribution in [0.25, 0.3) is 0 Å². The van der Waals surface area contributed by atoms with Crippen LogP contribution in [-0.4, -0.2) is 42.0 Å². The summed E-state index contributed by atoms with van der Waals surface area (Å²) in [6.07, 6.45) is 1.72. The first-order valence-corrected chi connectivity index (χ1v) is 6.65. The van der Waals surface area contributed by atoms with Crippen LogP contribution in [0.3, 0.4) is 0 Å². The van der Waals surface area contributed by atoms with E-state index in [4.69, 9.17) is 0 Å². The first-order valence-electron chi connectivity index (χ1n) is 6.65. The average Bonchev–Trinajstić information content (AvgIpc) is 2.35. The predicted octanol–water partition coefficient (Wildman–Crippen LogP) is 2.57. The molecule has 0 saturated carbocycles. The van der Waals surface area contributed by atoms with Gasteiger partial charge in [-0.15, -0.1) is 0 Å². The lowest BCUT2D eigenvalue weighted by Crippen LogP contribution is -2.29. The maximum absolute atomic E-state index is 11.9. The largest absolute Gasteiger partial charge is 0.624 e. The Morgan fingerprint density at radius 2 is 1.72 bits per heavy atom. The van der Waals surface area contributed by atoms with Crippen molar-refractivity contribution in [1.82, 2.24) is 4.90 Å². The maximum atomic E-state index is 11.9. The van der Waals surface area contributed by atoms with Gasteiger partial charge in [0.05, 0.1) is 6.54 Å². The number of rotatable bonds is 6. The van der Waals surface area contributed by atoms with Gasteiger partial charge in [-0.25, -0.2) is 4.74 Å². The summed E-state index contributed by atoms with van der Waals surface area (Å²) < 4.78 is 1.05. The van der Waals surface area contributed by atoms with E-state index >= 15 is 0 Å². The van der Waals surface area contributed by atoms with Crippen LogP contribution in [-0.2, 0) is 0 Å². The van der Waals surface area contributed by atoms with Crippen molar-refractivity contribution in [2.75, 3.05) is 26.2 Å². The van der Waals surface area contributed by atoms with Gasteiger partial charge in [0.25, 0.3) is 0 Å². The number of hydrogen-bond donors (Lipinski definition) is 0. The number of hydroxylamine groups is 1. The van der Waals surface area contributed by atoms with Crippen LogP contribution in [0.5, 0.6) is 0 Å². The second kappa shape index (κ2) is 7.17. The molecule has 1 rings (SSSR count). The lowest BCUT2D eigenvalue weighted by atomic mass is 10.0. The molecule has 1 aromatic rings. The Balaban J connectivity index is 2.71. The molecule has 3 heteroatoms. The Hall–Kier alpha value is -1.35. The number of nitrogens with zero attached hydrogens (tertiary/aromatic N) is 2. The van der Waals surface area contributed by atoms with Crippen molar-refractivity contribution in [3.8, 4) is 0 Å². The third kappa shape index (κ3) is 4.15. The fourth-order valence-corrected chi connectivity index (χ4v) is 2.02. The summed E-state index contributed by atoms with van der Waals surface area (Å²) in [5, 5.41) is 11.9.